The number of carbonyl (C=O) groups excluding carboxylic acids is 2. The maximum Gasteiger partial charge on any atom is 0.343 e. The molecule has 0 aromatic heterocycles. The zero-order valence-corrected chi connectivity index (χ0v) is 18.8. The molecule has 0 fully saturated rings. The van der Waals surface area contributed by atoms with Crippen LogP contribution in [0.2, 0.25) is 0 Å². The summed E-state index contributed by atoms with van der Waals surface area (Å²) in [6.07, 6.45) is 1.80. The van der Waals surface area contributed by atoms with Gasteiger partial charge in [0.15, 0.2) is 0 Å². The molecule has 164 valence electrons. The topological polar surface area (TPSA) is 125 Å². The minimum Gasteiger partial charge on any atom is -0.462 e. The highest BCUT2D eigenvalue weighted by Crippen LogP contribution is 2.41. The van der Waals surface area contributed by atoms with Gasteiger partial charge in [-0.25, -0.2) is 20.0 Å². The first kappa shape index (κ1) is 22.8. The Morgan fingerprint density at radius 2 is 1.94 bits per heavy atom. The van der Waals surface area contributed by atoms with E-state index in [4.69, 9.17) is 19.9 Å². The van der Waals surface area contributed by atoms with E-state index in [1.807, 2.05) is 30.3 Å². The molecule has 0 aliphatic carbocycles. The number of benzene rings is 1. The summed E-state index contributed by atoms with van der Waals surface area (Å²) >= 11 is 2.50. The standard InChI is InChI=1S/C20H22N4O5S2/c1-4-27-18(25)12-14(21)22-17(31-20(12)30-3)13(19(26)28-5-2)16-24-23-15(29-16)11-9-7-6-8-10-11/h6-10,17,24H,4-5H2,1-3H3,(H2,21,22). The number of aliphatic imine (C=N–C) groups is 1. The summed E-state index contributed by atoms with van der Waals surface area (Å²) in [4.78, 5) is 29.5. The minimum absolute atomic E-state index is 0.0175. The number of hydrogen-bond acceptors (Lipinski definition) is 11. The van der Waals surface area contributed by atoms with Crippen LogP contribution in [-0.2, 0) is 23.8 Å². The molecule has 0 saturated heterocycles. The van der Waals surface area contributed by atoms with Crippen molar-refractivity contribution in [2.24, 2.45) is 15.8 Å². The molecule has 1 aromatic carbocycles. The summed E-state index contributed by atoms with van der Waals surface area (Å²) in [5.41, 5.74) is 9.88. The van der Waals surface area contributed by atoms with E-state index in [9.17, 15) is 9.59 Å². The maximum atomic E-state index is 12.8. The average Bonchev–Trinajstić information content (AvgIpc) is 3.24. The van der Waals surface area contributed by atoms with Gasteiger partial charge in [-0.15, -0.1) is 16.9 Å². The number of rotatable bonds is 7. The fraction of sp³-hybridized carbons (Fsp3) is 0.300. The number of amidine groups is 1. The predicted molar refractivity (Wildman–Crippen MR) is 121 cm³/mol. The molecule has 1 unspecified atom stereocenters. The van der Waals surface area contributed by atoms with Gasteiger partial charge in [0.2, 0.25) is 11.8 Å². The Morgan fingerprint density at radius 3 is 2.58 bits per heavy atom. The van der Waals surface area contributed by atoms with Crippen molar-refractivity contribution in [1.82, 2.24) is 5.43 Å². The lowest BCUT2D eigenvalue weighted by Crippen LogP contribution is -2.31. The Labute approximate surface area is 188 Å². The summed E-state index contributed by atoms with van der Waals surface area (Å²) in [6, 6.07) is 9.24. The molecule has 31 heavy (non-hydrogen) atoms. The fourth-order valence-corrected chi connectivity index (χ4v) is 4.77. The highest BCUT2D eigenvalue weighted by molar-refractivity contribution is 8.22. The van der Waals surface area contributed by atoms with Crippen LogP contribution < -0.4 is 11.2 Å². The van der Waals surface area contributed by atoms with Crippen LogP contribution in [0.1, 0.15) is 19.4 Å². The van der Waals surface area contributed by atoms with Gasteiger partial charge in [0, 0.05) is 5.56 Å². The van der Waals surface area contributed by atoms with Crippen LogP contribution in [0.3, 0.4) is 0 Å². The van der Waals surface area contributed by atoms with Crippen molar-refractivity contribution in [1.29, 1.82) is 0 Å². The lowest BCUT2D eigenvalue weighted by Gasteiger charge is -2.23. The van der Waals surface area contributed by atoms with Crippen molar-refractivity contribution in [3.05, 3.63) is 57.2 Å². The van der Waals surface area contributed by atoms with Crippen molar-refractivity contribution < 1.29 is 23.8 Å². The molecule has 0 radical (unpaired) electrons. The Bertz CT molecular complexity index is 989. The second kappa shape index (κ2) is 10.4. The molecule has 3 N–H and O–H groups in total. The molecule has 0 saturated carbocycles. The first-order valence-electron chi connectivity index (χ1n) is 9.44. The van der Waals surface area contributed by atoms with E-state index in [2.05, 4.69) is 15.5 Å². The van der Waals surface area contributed by atoms with Crippen LogP contribution in [0.5, 0.6) is 0 Å². The molecule has 1 atom stereocenters. The Kier molecular flexibility index (Phi) is 7.64. The second-order valence-corrected chi connectivity index (χ2v) is 8.20. The van der Waals surface area contributed by atoms with Crippen LogP contribution in [0.25, 0.3) is 0 Å². The number of nitrogens with zero attached hydrogens (tertiary/aromatic N) is 2. The smallest absolute Gasteiger partial charge is 0.343 e. The number of esters is 2. The van der Waals surface area contributed by atoms with E-state index in [1.165, 1.54) is 23.5 Å². The third kappa shape index (κ3) is 5.05. The zero-order chi connectivity index (χ0) is 22.4. The average molecular weight is 463 g/mol. The third-order valence-electron chi connectivity index (χ3n) is 4.07. The van der Waals surface area contributed by atoms with Crippen LogP contribution >= 0.6 is 23.5 Å². The first-order valence-corrected chi connectivity index (χ1v) is 11.5. The Hall–Kier alpha value is -2.92. The molecule has 0 spiro atoms. The Morgan fingerprint density at radius 1 is 1.23 bits per heavy atom. The molecular formula is C20H22N4O5S2. The summed E-state index contributed by atoms with van der Waals surface area (Å²) in [6.45, 7) is 3.78. The van der Waals surface area contributed by atoms with Gasteiger partial charge in [-0.1, -0.05) is 30.0 Å². The summed E-state index contributed by atoms with van der Waals surface area (Å²) in [5.74, 6) is -0.788. The zero-order valence-electron chi connectivity index (χ0n) is 17.2. The van der Waals surface area contributed by atoms with Crippen molar-refractivity contribution in [2.45, 2.75) is 19.2 Å². The number of hydrogen-bond donors (Lipinski definition) is 2. The Balaban J connectivity index is 1.95. The number of nitrogens with two attached hydrogens (primary N) is 1. The van der Waals surface area contributed by atoms with Crippen LogP contribution in [-0.4, -0.2) is 48.5 Å². The predicted octanol–water partition coefficient (Wildman–Crippen LogP) is 2.31. The lowest BCUT2D eigenvalue weighted by atomic mass is 10.2. The van der Waals surface area contributed by atoms with E-state index in [0.29, 0.717) is 10.1 Å². The monoisotopic (exact) mass is 462 g/mol. The van der Waals surface area contributed by atoms with E-state index in [0.717, 1.165) is 5.56 Å². The first-order chi connectivity index (χ1) is 15.0. The molecule has 3 rings (SSSR count). The van der Waals surface area contributed by atoms with Crippen molar-refractivity contribution in [3.8, 4) is 0 Å². The van der Waals surface area contributed by atoms with Gasteiger partial charge >= 0.3 is 11.9 Å². The lowest BCUT2D eigenvalue weighted by molar-refractivity contribution is -0.139. The number of ether oxygens (including phenoxy) is 3. The van der Waals surface area contributed by atoms with Crippen LogP contribution in [0.4, 0.5) is 0 Å². The molecule has 9 nitrogen and oxygen atoms in total. The fourth-order valence-electron chi connectivity index (χ4n) is 2.72. The SMILES string of the molecule is CCOC(=O)C1=C(SC)SC(C(C(=O)OCC)=C2NN=C(c3ccccc3)O2)N=C1N. The largest absolute Gasteiger partial charge is 0.462 e. The van der Waals surface area contributed by atoms with Gasteiger partial charge in [-0.3, -0.25) is 0 Å². The summed E-state index contributed by atoms with van der Waals surface area (Å²) < 4.78 is 16.7. The third-order valence-corrected chi connectivity index (χ3v) is 6.41. The highest BCUT2D eigenvalue weighted by atomic mass is 32.2. The molecule has 2 aliphatic rings. The summed E-state index contributed by atoms with van der Waals surface area (Å²) in [5, 5.41) is 3.37. The minimum atomic E-state index is -0.799. The maximum absolute atomic E-state index is 12.8. The van der Waals surface area contributed by atoms with Crippen LogP contribution in [0, 0.1) is 0 Å². The van der Waals surface area contributed by atoms with E-state index in [-0.39, 0.29) is 36.1 Å². The molecule has 2 heterocycles. The summed E-state index contributed by atoms with van der Waals surface area (Å²) in [7, 11) is 0. The quantitative estimate of drug-likeness (QED) is 0.464. The number of carbonyl (C=O) groups is 2. The van der Waals surface area contributed by atoms with E-state index < -0.39 is 17.3 Å². The van der Waals surface area contributed by atoms with E-state index >= 15 is 0 Å². The van der Waals surface area contributed by atoms with Gasteiger partial charge in [0.1, 0.15) is 22.4 Å². The van der Waals surface area contributed by atoms with Gasteiger partial charge in [0.25, 0.3) is 0 Å². The normalized spacial score (nSPS) is 19.6. The molecule has 2 aliphatic heterocycles. The molecule has 0 amide bonds. The molecule has 0 bridgehead atoms. The van der Waals surface area contributed by atoms with Crippen molar-refractivity contribution >= 4 is 47.2 Å². The van der Waals surface area contributed by atoms with Crippen molar-refractivity contribution in [3.63, 3.8) is 0 Å². The second-order valence-electron chi connectivity index (χ2n) is 6.03. The van der Waals surface area contributed by atoms with Gasteiger partial charge in [0.05, 0.1) is 17.5 Å². The highest BCUT2D eigenvalue weighted by Gasteiger charge is 2.37. The number of hydrazone groups is 1. The van der Waals surface area contributed by atoms with E-state index in [1.54, 1.807) is 20.1 Å². The molecule has 11 heteroatoms. The van der Waals surface area contributed by atoms with Gasteiger partial charge in [-0.2, -0.15) is 0 Å². The van der Waals surface area contributed by atoms with Crippen molar-refractivity contribution in [2.75, 3.05) is 19.5 Å². The molecule has 1 aromatic rings. The van der Waals surface area contributed by atoms with Gasteiger partial charge in [-0.05, 0) is 32.2 Å². The number of nitrogens with one attached hydrogen (secondary N) is 1. The molecular weight excluding hydrogens is 440 g/mol. The number of thioether (sulfide) groups is 2. The van der Waals surface area contributed by atoms with Crippen LogP contribution in [0.15, 0.2) is 61.7 Å². The van der Waals surface area contributed by atoms with Gasteiger partial charge < -0.3 is 19.9 Å².